The monoisotopic (exact) mass is 207 g/mol. The molecule has 2 rings (SSSR count). The lowest BCUT2D eigenvalue weighted by atomic mass is 10.1. The van der Waals surface area contributed by atoms with Crippen molar-refractivity contribution in [2.24, 2.45) is 7.05 Å². The summed E-state index contributed by atoms with van der Waals surface area (Å²) in [4.78, 5) is 11.7. The maximum atomic E-state index is 13.3. The van der Waals surface area contributed by atoms with Crippen LogP contribution < -0.4 is 10.3 Å². The highest BCUT2D eigenvalue weighted by Gasteiger charge is 2.08. The second kappa shape index (κ2) is 3.38. The van der Waals surface area contributed by atoms with Gasteiger partial charge in [-0.15, -0.1) is 0 Å². The number of ether oxygens (including phenoxy) is 1. The Bertz CT molecular complexity index is 575. The summed E-state index contributed by atoms with van der Waals surface area (Å²) in [6, 6.07) is 6.36. The molecule has 0 fully saturated rings. The van der Waals surface area contributed by atoms with Gasteiger partial charge < -0.3 is 4.74 Å². The molecule has 78 valence electrons. The molecule has 0 bridgehead atoms. The lowest BCUT2D eigenvalue weighted by Crippen LogP contribution is -2.19. The number of nitrogens with zero attached hydrogens (tertiary/aromatic N) is 1. The Morgan fingerprint density at radius 1 is 1.33 bits per heavy atom. The minimum Gasteiger partial charge on any atom is -0.496 e. The van der Waals surface area contributed by atoms with E-state index in [1.807, 2.05) is 0 Å². The quantitative estimate of drug-likeness (QED) is 0.666. The van der Waals surface area contributed by atoms with Gasteiger partial charge in [0.05, 0.1) is 12.5 Å². The third-order valence-electron chi connectivity index (χ3n) is 2.40. The molecule has 1 aromatic heterocycles. The average molecular weight is 207 g/mol. The summed E-state index contributed by atoms with van der Waals surface area (Å²) in [5.41, 5.74) is -0.357. The fourth-order valence-electron chi connectivity index (χ4n) is 1.55. The number of hydrogen-bond acceptors (Lipinski definition) is 2. The second-order valence-corrected chi connectivity index (χ2v) is 3.25. The molecule has 0 N–H and O–H groups in total. The topological polar surface area (TPSA) is 31.2 Å². The van der Waals surface area contributed by atoms with Gasteiger partial charge in [-0.1, -0.05) is 6.07 Å². The summed E-state index contributed by atoms with van der Waals surface area (Å²) in [5, 5.41) is 0.957. The Kier molecular flexibility index (Phi) is 2.19. The Morgan fingerprint density at radius 3 is 2.73 bits per heavy atom. The van der Waals surface area contributed by atoms with Crippen LogP contribution in [0.2, 0.25) is 0 Å². The average Bonchev–Trinajstić information content (AvgIpc) is 2.25. The van der Waals surface area contributed by atoms with Crippen LogP contribution in [0.3, 0.4) is 0 Å². The summed E-state index contributed by atoms with van der Waals surface area (Å²) < 4.78 is 19.4. The van der Waals surface area contributed by atoms with Gasteiger partial charge >= 0.3 is 0 Å². The number of aromatic nitrogens is 1. The van der Waals surface area contributed by atoms with Gasteiger partial charge in [-0.3, -0.25) is 9.36 Å². The smallest absolute Gasteiger partial charge is 0.260 e. The molecule has 15 heavy (non-hydrogen) atoms. The highest BCUT2D eigenvalue weighted by Crippen LogP contribution is 2.23. The molecule has 4 heteroatoms. The summed E-state index contributed by atoms with van der Waals surface area (Å²) >= 11 is 0. The molecule has 0 aliphatic heterocycles. The van der Waals surface area contributed by atoms with E-state index in [-0.39, 0.29) is 5.56 Å². The van der Waals surface area contributed by atoms with Crippen molar-refractivity contribution in [2.75, 3.05) is 7.11 Å². The van der Waals surface area contributed by atoms with E-state index >= 15 is 0 Å². The molecule has 0 saturated heterocycles. The molecule has 0 aliphatic rings. The molecule has 0 atom stereocenters. The van der Waals surface area contributed by atoms with E-state index in [1.54, 1.807) is 18.2 Å². The van der Waals surface area contributed by atoms with Crippen LogP contribution in [0.5, 0.6) is 5.75 Å². The van der Waals surface area contributed by atoms with Crippen LogP contribution in [-0.4, -0.2) is 11.7 Å². The molecular formula is C11H10FNO2. The number of methoxy groups -OCH3 is 1. The standard InChI is InChI=1S/C11H10FNO2/c1-13-10(12)6-8-7(11(13)14)4-3-5-9(8)15-2/h3-6H,1-2H3. The normalized spacial score (nSPS) is 10.6. The fourth-order valence-corrected chi connectivity index (χ4v) is 1.55. The molecule has 0 unspecified atom stereocenters. The largest absolute Gasteiger partial charge is 0.496 e. The first kappa shape index (κ1) is 9.71. The highest BCUT2D eigenvalue weighted by molar-refractivity contribution is 5.87. The molecule has 0 radical (unpaired) electrons. The van der Waals surface area contributed by atoms with Crippen molar-refractivity contribution < 1.29 is 9.13 Å². The van der Waals surface area contributed by atoms with Crippen LogP contribution >= 0.6 is 0 Å². The maximum absolute atomic E-state index is 13.3. The van der Waals surface area contributed by atoms with E-state index in [0.29, 0.717) is 16.5 Å². The van der Waals surface area contributed by atoms with Gasteiger partial charge in [0.15, 0.2) is 5.95 Å². The van der Waals surface area contributed by atoms with Crippen molar-refractivity contribution >= 4 is 10.8 Å². The molecular weight excluding hydrogens is 197 g/mol. The van der Waals surface area contributed by atoms with Gasteiger partial charge in [0.25, 0.3) is 5.56 Å². The Labute approximate surface area is 85.7 Å². The van der Waals surface area contributed by atoms with Crippen LogP contribution in [0.4, 0.5) is 4.39 Å². The van der Waals surface area contributed by atoms with E-state index in [1.165, 1.54) is 20.2 Å². The maximum Gasteiger partial charge on any atom is 0.260 e. The number of benzene rings is 1. The predicted octanol–water partition coefficient (Wildman–Crippen LogP) is 1.69. The number of pyridine rings is 1. The SMILES string of the molecule is COc1cccc2c(=O)n(C)c(F)cc12. The van der Waals surface area contributed by atoms with E-state index in [0.717, 1.165) is 4.57 Å². The number of fused-ring (bicyclic) bond motifs is 1. The molecule has 0 spiro atoms. The minimum absolute atomic E-state index is 0.357. The van der Waals surface area contributed by atoms with Crippen molar-refractivity contribution in [3.05, 3.63) is 40.6 Å². The zero-order valence-electron chi connectivity index (χ0n) is 8.45. The summed E-state index contributed by atoms with van der Waals surface area (Å²) in [7, 11) is 2.89. The van der Waals surface area contributed by atoms with Gasteiger partial charge in [-0.2, -0.15) is 4.39 Å². The third kappa shape index (κ3) is 1.38. The van der Waals surface area contributed by atoms with Crippen molar-refractivity contribution in [3.63, 3.8) is 0 Å². The highest BCUT2D eigenvalue weighted by atomic mass is 19.1. The summed E-state index contributed by atoms with van der Waals surface area (Å²) in [6.07, 6.45) is 0. The van der Waals surface area contributed by atoms with E-state index < -0.39 is 5.95 Å². The molecule has 1 heterocycles. The molecule has 0 amide bonds. The van der Waals surface area contributed by atoms with Crippen LogP contribution in [0.25, 0.3) is 10.8 Å². The van der Waals surface area contributed by atoms with E-state index in [9.17, 15) is 9.18 Å². The minimum atomic E-state index is -0.572. The van der Waals surface area contributed by atoms with Crippen LogP contribution in [0.1, 0.15) is 0 Å². The molecule has 0 saturated carbocycles. The zero-order valence-corrected chi connectivity index (χ0v) is 8.45. The molecule has 1 aromatic carbocycles. The Morgan fingerprint density at radius 2 is 2.07 bits per heavy atom. The van der Waals surface area contributed by atoms with Gasteiger partial charge in [0.1, 0.15) is 5.75 Å². The number of hydrogen-bond donors (Lipinski definition) is 0. The van der Waals surface area contributed by atoms with Crippen LogP contribution in [0.15, 0.2) is 29.1 Å². The van der Waals surface area contributed by atoms with Crippen molar-refractivity contribution in [3.8, 4) is 5.75 Å². The first-order valence-corrected chi connectivity index (χ1v) is 4.47. The second-order valence-electron chi connectivity index (χ2n) is 3.25. The van der Waals surface area contributed by atoms with Crippen LogP contribution in [0, 0.1) is 5.95 Å². The first-order valence-electron chi connectivity index (χ1n) is 4.47. The van der Waals surface area contributed by atoms with E-state index in [4.69, 9.17) is 4.74 Å². The lowest BCUT2D eigenvalue weighted by molar-refractivity contribution is 0.419. The summed E-state index contributed by atoms with van der Waals surface area (Å²) in [5.74, 6) is -0.0684. The van der Waals surface area contributed by atoms with Crippen molar-refractivity contribution in [2.45, 2.75) is 0 Å². The van der Waals surface area contributed by atoms with E-state index in [2.05, 4.69) is 0 Å². The Hall–Kier alpha value is -1.84. The zero-order chi connectivity index (χ0) is 11.0. The van der Waals surface area contributed by atoms with Gasteiger partial charge in [0.2, 0.25) is 0 Å². The molecule has 3 nitrogen and oxygen atoms in total. The number of halogens is 1. The van der Waals surface area contributed by atoms with Crippen molar-refractivity contribution in [1.82, 2.24) is 4.57 Å². The van der Waals surface area contributed by atoms with Gasteiger partial charge in [0, 0.05) is 18.5 Å². The predicted molar refractivity (Wildman–Crippen MR) is 55.7 cm³/mol. The third-order valence-corrected chi connectivity index (χ3v) is 2.40. The van der Waals surface area contributed by atoms with Crippen molar-refractivity contribution in [1.29, 1.82) is 0 Å². The summed E-state index contributed by atoms with van der Waals surface area (Å²) in [6.45, 7) is 0. The number of rotatable bonds is 1. The van der Waals surface area contributed by atoms with Gasteiger partial charge in [-0.05, 0) is 12.1 Å². The molecule has 0 aliphatic carbocycles. The lowest BCUT2D eigenvalue weighted by Gasteiger charge is -2.07. The fraction of sp³-hybridized carbons (Fsp3) is 0.182. The molecule has 2 aromatic rings. The first-order chi connectivity index (χ1) is 7.15. The Balaban J connectivity index is 2.98. The van der Waals surface area contributed by atoms with Crippen LogP contribution in [-0.2, 0) is 7.05 Å². The van der Waals surface area contributed by atoms with Gasteiger partial charge in [-0.25, -0.2) is 0 Å².